The summed E-state index contributed by atoms with van der Waals surface area (Å²) in [6, 6.07) is 5.48. The summed E-state index contributed by atoms with van der Waals surface area (Å²) in [5, 5.41) is 2.79. The Labute approximate surface area is 120 Å². The van der Waals surface area contributed by atoms with Gasteiger partial charge in [-0.15, -0.1) is 0 Å². The Hall–Kier alpha value is -1.62. The number of benzene rings is 1. The lowest BCUT2D eigenvalue weighted by Crippen LogP contribution is -2.23. The molecule has 1 aromatic heterocycles. The quantitative estimate of drug-likeness (QED) is 0.943. The molecule has 0 saturated heterocycles. The highest BCUT2D eigenvalue weighted by molar-refractivity contribution is 9.10. The van der Waals surface area contributed by atoms with Gasteiger partial charge in [-0.1, -0.05) is 15.9 Å². The average molecular weight is 323 g/mol. The van der Waals surface area contributed by atoms with E-state index in [1.165, 1.54) is 0 Å². The van der Waals surface area contributed by atoms with Gasteiger partial charge in [0.15, 0.2) is 0 Å². The predicted molar refractivity (Wildman–Crippen MR) is 76.0 cm³/mol. The Morgan fingerprint density at radius 2 is 2.11 bits per heavy atom. The molecule has 0 saturated carbocycles. The summed E-state index contributed by atoms with van der Waals surface area (Å²) in [4.78, 5) is 16.2. The second-order valence-electron chi connectivity index (χ2n) is 4.40. The molecule has 1 amide bonds. The number of aromatic nitrogens is 1. The van der Waals surface area contributed by atoms with Crippen LogP contribution in [0.2, 0.25) is 0 Å². The highest BCUT2D eigenvalue weighted by Gasteiger charge is 2.10. The number of rotatable bonds is 3. The first-order valence-electron chi connectivity index (χ1n) is 5.94. The van der Waals surface area contributed by atoms with Crippen molar-refractivity contribution < 1.29 is 9.21 Å². The van der Waals surface area contributed by atoms with E-state index < -0.39 is 0 Å². The third-order valence-electron chi connectivity index (χ3n) is 2.89. The molecule has 100 valence electrons. The molecular weight excluding hydrogens is 308 g/mol. The molecule has 0 aliphatic rings. The molecule has 0 aliphatic carbocycles. The number of hydrogen-bond donors (Lipinski definition) is 1. The van der Waals surface area contributed by atoms with Crippen molar-refractivity contribution in [3.05, 3.63) is 51.1 Å². The molecule has 0 bridgehead atoms. The van der Waals surface area contributed by atoms with Gasteiger partial charge in [0.05, 0.1) is 12.2 Å². The van der Waals surface area contributed by atoms with Crippen LogP contribution in [0.15, 0.2) is 27.1 Å². The first-order chi connectivity index (χ1) is 8.97. The Bertz CT molecular complexity index is 600. The molecule has 1 aromatic carbocycles. The third kappa shape index (κ3) is 3.23. The Morgan fingerprint density at radius 3 is 2.68 bits per heavy atom. The maximum Gasteiger partial charge on any atom is 0.251 e. The van der Waals surface area contributed by atoms with Crippen LogP contribution in [-0.4, -0.2) is 10.9 Å². The number of carbonyl (C=O) groups is 1. The van der Waals surface area contributed by atoms with Gasteiger partial charge in [0.25, 0.3) is 5.91 Å². The summed E-state index contributed by atoms with van der Waals surface area (Å²) < 4.78 is 6.40. The van der Waals surface area contributed by atoms with Gasteiger partial charge >= 0.3 is 0 Å². The van der Waals surface area contributed by atoms with Crippen LogP contribution in [0.4, 0.5) is 0 Å². The molecule has 19 heavy (non-hydrogen) atoms. The molecule has 1 heterocycles. The molecule has 0 spiro atoms. The Morgan fingerprint density at radius 1 is 1.37 bits per heavy atom. The molecule has 2 aromatic rings. The summed E-state index contributed by atoms with van der Waals surface area (Å²) in [5.41, 5.74) is 2.50. The van der Waals surface area contributed by atoms with Crippen LogP contribution in [0.5, 0.6) is 0 Å². The number of carbonyl (C=O) groups excluding carboxylic acids is 1. The number of amides is 1. The highest BCUT2D eigenvalue weighted by atomic mass is 79.9. The van der Waals surface area contributed by atoms with Gasteiger partial charge in [0.2, 0.25) is 5.89 Å². The van der Waals surface area contributed by atoms with Crippen LogP contribution in [0.3, 0.4) is 0 Å². The van der Waals surface area contributed by atoms with Crippen molar-refractivity contribution in [3.63, 3.8) is 0 Å². The summed E-state index contributed by atoms with van der Waals surface area (Å²) in [5.74, 6) is 1.17. The number of nitrogens with zero attached hydrogens (tertiary/aromatic N) is 1. The maximum atomic E-state index is 12.0. The number of halogens is 1. The van der Waals surface area contributed by atoms with Crippen LogP contribution in [0.25, 0.3) is 0 Å². The lowest BCUT2D eigenvalue weighted by Gasteiger charge is -2.05. The average Bonchev–Trinajstić information content (AvgIpc) is 2.69. The number of aryl methyl sites for hydroxylation is 3. The lowest BCUT2D eigenvalue weighted by molar-refractivity contribution is 0.0947. The molecule has 2 rings (SSSR count). The SMILES string of the molecule is Cc1cc(C(=O)NCc2nc(C)c(C)o2)ccc1Br. The monoisotopic (exact) mass is 322 g/mol. The summed E-state index contributed by atoms with van der Waals surface area (Å²) in [6.45, 7) is 5.97. The first kappa shape index (κ1) is 13.8. The van der Waals surface area contributed by atoms with E-state index in [9.17, 15) is 4.79 Å². The minimum Gasteiger partial charge on any atom is -0.444 e. The third-order valence-corrected chi connectivity index (χ3v) is 3.78. The predicted octanol–water partition coefficient (Wildman–Crippen LogP) is 3.29. The zero-order valence-electron chi connectivity index (χ0n) is 11.1. The van der Waals surface area contributed by atoms with E-state index in [0.29, 0.717) is 18.0 Å². The molecule has 0 radical (unpaired) electrons. The molecule has 4 nitrogen and oxygen atoms in total. The Kier molecular flexibility index (Phi) is 4.04. The molecule has 0 unspecified atom stereocenters. The highest BCUT2D eigenvalue weighted by Crippen LogP contribution is 2.17. The van der Waals surface area contributed by atoms with Crippen LogP contribution in [0.1, 0.15) is 33.3 Å². The van der Waals surface area contributed by atoms with Crippen LogP contribution >= 0.6 is 15.9 Å². The van der Waals surface area contributed by atoms with Crippen molar-refractivity contribution in [1.29, 1.82) is 0 Å². The summed E-state index contributed by atoms with van der Waals surface area (Å²) >= 11 is 3.41. The second-order valence-corrected chi connectivity index (χ2v) is 5.25. The van der Waals surface area contributed by atoms with E-state index in [2.05, 4.69) is 26.2 Å². The van der Waals surface area contributed by atoms with Gasteiger partial charge in [-0.05, 0) is 44.5 Å². The normalized spacial score (nSPS) is 10.5. The summed E-state index contributed by atoms with van der Waals surface area (Å²) in [6.07, 6.45) is 0. The molecule has 0 atom stereocenters. The zero-order valence-corrected chi connectivity index (χ0v) is 12.7. The van der Waals surface area contributed by atoms with Crippen molar-refractivity contribution in [2.45, 2.75) is 27.3 Å². The van der Waals surface area contributed by atoms with Crippen LogP contribution < -0.4 is 5.32 Å². The largest absolute Gasteiger partial charge is 0.444 e. The molecule has 0 aliphatic heterocycles. The van der Waals surface area contributed by atoms with E-state index >= 15 is 0 Å². The maximum absolute atomic E-state index is 12.0. The van der Waals surface area contributed by atoms with E-state index in [4.69, 9.17) is 4.42 Å². The fraction of sp³-hybridized carbons (Fsp3) is 0.286. The van der Waals surface area contributed by atoms with Gasteiger partial charge in [-0.3, -0.25) is 4.79 Å². The van der Waals surface area contributed by atoms with Crippen molar-refractivity contribution in [2.75, 3.05) is 0 Å². The van der Waals surface area contributed by atoms with E-state index in [0.717, 1.165) is 21.5 Å². The van der Waals surface area contributed by atoms with Gasteiger partial charge in [0.1, 0.15) is 5.76 Å². The minimum atomic E-state index is -0.135. The minimum absolute atomic E-state index is 0.135. The smallest absolute Gasteiger partial charge is 0.251 e. The van der Waals surface area contributed by atoms with Crippen molar-refractivity contribution >= 4 is 21.8 Å². The van der Waals surface area contributed by atoms with Crippen molar-refractivity contribution in [2.24, 2.45) is 0 Å². The van der Waals surface area contributed by atoms with Gasteiger partial charge < -0.3 is 9.73 Å². The van der Waals surface area contributed by atoms with Crippen LogP contribution in [-0.2, 0) is 6.54 Å². The van der Waals surface area contributed by atoms with E-state index in [-0.39, 0.29) is 5.91 Å². The van der Waals surface area contributed by atoms with E-state index in [1.54, 1.807) is 6.07 Å². The second kappa shape index (κ2) is 5.57. The number of hydrogen-bond acceptors (Lipinski definition) is 3. The summed E-state index contributed by atoms with van der Waals surface area (Å²) in [7, 11) is 0. The fourth-order valence-corrected chi connectivity index (χ4v) is 1.91. The topological polar surface area (TPSA) is 55.1 Å². The fourth-order valence-electron chi connectivity index (χ4n) is 1.66. The lowest BCUT2D eigenvalue weighted by atomic mass is 10.1. The number of oxazole rings is 1. The molecule has 1 N–H and O–H groups in total. The first-order valence-corrected chi connectivity index (χ1v) is 6.74. The van der Waals surface area contributed by atoms with Gasteiger partial charge in [-0.25, -0.2) is 4.98 Å². The molecule has 5 heteroatoms. The van der Waals surface area contributed by atoms with Crippen LogP contribution in [0, 0.1) is 20.8 Å². The Balaban J connectivity index is 2.03. The van der Waals surface area contributed by atoms with Crippen molar-refractivity contribution in [1.82, 2.24) is 10.3 Å². The van der Waals surface area contributed by atoms with Gasteiger partial charge in [-0.2, -0.15) is 0 Å². The zero-order chi connectivity index (χ0) is 14.0. The van der Waals surface area contributed by atoms with Gasteiger partial charge in [0, 0.05) is 10.0 Å². The van der Waals surface area contributed by atoms with E-state index in [1.807, 2.05) is 32.9 Å². The molecular formula is C14H15BrN2O2. The standard InChI is InChI=1S/C14H15BrN2O2/c1-8-6-11(4-5-12(8)15)14(18)16-7-13-17-9(2)10(3)19-13/h4-6H,7H2,1-3H3,(H,16,18). The molecule has 0 fully saturated rings. The number of nitrogens with one attached hydrogen (secondary N) is 1. The van der Waals surface area contributed by atoms with Crippen molar-refractivity contribution in [3.8, 4) is 0 Å².